The molecule has 0 radical (unpaired) electrons. The maximum atomic E-state index is 2.63. The first kappa shape index (κ1) is 12.8. The Labute approximate surface area is 124 Å². The van der Waals surface area contributed by atoms with Crippen molar-refractivity contribution in [2.75, 3.05) is 18.0 Å². The minimum absolute atomic E-state index is 0.325. The van der Waals surface area contributed by atoms with Gasteiger partial charge in [0.05, 0.1) is 0 Å². The van der Waals surface area contributed by atoms with Crippen molar-refractivity contribution in [1.29, 1.82) is 0 Å². The molecule has 2 aliphatic heterocycles. The van der Waals surface area contributed by atoms with Crippen LogP contribution in [0.2, 0.25) is 0 Å². The second-order valence-electron chi connectivity index (χ2n) is 7.07. The second-order valence-corrected chi connectivity index (χ2v) is 8.24. The third kappa shape index (κ3) is 1.71. The molecule has 0 amide bonds. The number of nitrogens with zero attached hydrogens (tertiary/aromatic N) is 1. The average molecular weight is 355 g/mol. The smallest absolute Gasteiger partial charge is 0.0453 e. The lowest BCUT2D eigenvalue weighted by Crippen LogP contribution is -2.45. The molecule has 0 N–H and O–H groups in total. The number of hydrogen-bond donors (Lipinski definition) is 0. The Hall–Kier alpha value is -0.250. The molecule has 1 aromatic rings. The molecule has 0 bridgehead atoms. The zero-order valence-corrected chi connectivity index (χ0v) is 14.0. The van der Waals surface area contributed by atoms with E-state index in [1.165, 1.54) is 29.5 Å². The third-order valence-corrected chi connectivity index (χ3v) is 5.76. The summed E-state index contributed by atoms with van der Waals surface area (Å²) in [5.74, 6) is 0. The first-order valence-electron chi connectivity index (χ1n) is 6.91. The van der Waals surface area contributed by atoms with E-state index in [0.29, 0.717) is 10.8 Å². The van der Waals surface area contributed by atoms with Crippen LogP contribution in [0.1, 0.15) is 51.7 Å². The van der Waals surface area contributed by atoms with Gasteiger partial charge in [0.15, 0.2) is 0 Å². The molecular weight excluding hydrogens is 333 g/mol. The van der Waals surface area contributed by atoms with Crippen molar-refractivity contribution in [2.24, 2.45) is 0 Å². The van der Waals surface area contributed by atoms with E-state index in [9.17, 15) is 0 Å². The molecule has 98 valence electrons. The summed E-state index contributed by atoms with van der Waals surface area (Å²) in [6.45, 7) is 12.1. The van der Waals surface area contributed by atoms with Crippen molar-refractivity contribution < 1.29 is 0 Å². The predicted molar refractivity (Wildman–Crippen MR) is 86.7 cm³/mol. The second kappa shape index (κ2) is 3.87. The fraction of sp³-hybridized carbons (Fsp3) is 0.625. The fourth-order valence-corrected chi connectivity index (χ4v) is 4.67. The highest BCUT2D eigenvalue weighted by Gasteiger charge is 2.40. The first-order valence-corrected chi connectivity index (χ1v) is 7.99. The minimum Gasteiger partial charge on any atom is -0.371 e. The molecule has 3 rings (SSSR count). The van der Waals surface area contributed by atoms with E-state index >= 15 is 0 Å². The highest BCUT2D eigenvalue weighted by molar-refractivity contribution is 14.1. The first-order chi connectivity index (χ1) is 8.33. The van der Waals surface area contributed by atoms with Gasteiger partial charge < -0.3 is 4.90 Å². The summed E-state index contributed by atoms with van der Waals surface area (Å²) >= 11 is 2.52. The summed E-state index contributed by atoms with van der Waals surface area (Å²) in [6.07, 6.45) is 2.56. The monoisotopic (exact) mass is 355 g/mol. The predicted octanol–water partition coefficient (Wildman–Crippen LogP) is 4.46. The van der Waals surface area contributed by atoms with Gasteiger partial charge in [-0.3, -0.25) is 0 Å². The molecule has 18 heavy (non-hydrogen) atoms. The summed E-state index contributed by atoms with van der Waals surface area (Å²) < 4.78 is 1.44. The van der Waals surface area contributed by atoms with Gasteiger partial charge in [0.1, 0.15) is 0 Å². The molecule has 0 spiro atoms. The summed E-state index contributed by atoms with van der Waals surface area (Å²) in [6, 6.07) is 4.70. The molecule has 0 fully saturated rings. The van der Waals surface area contributed by atoms with E-state index in [2.05, 4.69) is 67.3 Å². The highest BCUT2D eigenvalue weighted by Crippen LogP contribution is 2.50. The Morgan fingerprint density at radius 1 is 1.00 bits per heavy atom. The summed E-state index contributed by atoms with van der Waals surface area (Å²) in [4.78, 5) is 2.63. The van der Waals surface area contributed by atoms with Crippen LogP contribution in [0.5, 0.6) is 0 Å². The maximum absolute atomic E-state index is 2.63. The fourth-order valence-electron chi connectivity index (χ4n) is 3.51. The van der Waals surface area contributed by atoms with Crippen molar-refractivity contribution in [3.8, 4) is 0 Å². The van der Waals surface area contributed by atoms with Gasteiger partial charge in [-0.1, -0.05) is 33.8 Å². The van der Waals surface area contributed by atoms with Gasteiger partial charge >= 0.3 is 0 Å². The molecule has 2 aliphatic rings. The molecular formula is C16H22IN. The van der Waals surface area contributed by atoms with Crippen LogP contribution in [0.15, 0.2) is 12.1 Å². The Kier molecular flexibility index (Phi) is 2.75. The molecule has 0 unspecified atom stereocenters. The molecule has 1 aromatic carbocycles. The lowest BCUT2D eigenvalue weighted by atomic mass is 9.70. The van der Waals surface area contributed by atoms with Gasteiger partial charge in [-0.15, -0.1) is 0 Å². The summed E-state index contributed by atoms with van der Waals surface area (Å²) in [5, 5.41) is 0. The van der Waals surface area contributed by atoms with Gasteiger partial charge in [-0.25, -0.2) is 0 Å². The van der Waals surface area contributed by atoms with E-state index in [-0.39, 0.29) is 0 Å². The largest absolute Gasteiger partial charge is 0.371 e. The molecule has 2 heteroatoms. The van der Waals surface area contributed by atoms with E-state index in [4.69, 9.17) is 0 Å². The van der Waals surface area contributed by atoms with Gasteiger partial charge in [0.25, 0.3) is 0 Å². The number of hydrogen-bond acceptors (Lipinski definition) is 1. The van der Waals surface area contributed by atoms with E-state index in [0.717, 1.165) is 0 Å². The number of rotatable bonds is 0. The van der Waals surface area contributed by atoms with Crippen LogP contribution < -0.4 is 4.90 Å². The number of benzene rings is 1. The van der Waals surface area contributed by atoms with Crippen molar-refractivity contribution in [3.63, 3.8) is 0 Å². The van der Waals surface area contributed by atoms with Gasteiger partial charge in [0, 0.05) is 22.3 Å². The number of anilines is 1. The highest BCUT2D eigenvalue weighted by atomic mass is 127. The zero-order valence-electron chi connectivity index (χ0n) is 11.8. The molecule has 0 aromatic heterocycles. The lowest BCUT2D eigenvalue weighted by Gasteiger charge is -2.48. The SMILES string of the molecule is CC1(C)CCN2CCC(C)(C)c3c(I)ccc1c32. The van der Waals surface area contributed by atoms with E-state index in [1.807, 2.05) is 0 Å². The maximum Gasteiger partial charge on any atom is 0.0453 e. The van der Waals surface area contributed by atoms with E-state index in [1.54, 1.807) is 16.8 Å². The van der Waals surface area contributed by atoms with Crippen LogP contribution in [-0.4, -0.2) is 13.1 Å². The third-order valence-electron chi connectivity index (χ3n) is 4.86. The molecule has 0 saturated heterocycles. The lowest BCUT2D eigenvalue weighted by molar-refractivity contribution is 0.400. The molecule has 0 aliphatic carbocycles. The summed E-state index contributed by atoms with van der Waals surface area (Å²) in [7, 11) is 0. The van der Waals surface area contributed by atoms with Crippen molar-refractivity contribution in [2.45, 2.75) is 51.4 Å². The number of halogens is 1. The van der Waals surface area contributed by atoms with Crippen molar-refractivity contribution in [1.82, 2.24) is 0 Å². The molecule has 2 heterocycles. The van der Waals surface area contributed by atoms with Gasteiger partial charge in [-0.05, 0) is 63.5 Å². The molecule has 0 atom stereocenters. The van der Waals surface area contributed by atoms with Crippen LogP contribution in [0.3, 0.4) is 0 Å². The Morgan fingerprint density at radius 2 is 1.61 bits per heavy atom. The molecule has 0 saturated carbocycles. The Morgan fingerprint density at radius 3 is 2.28 bits per heavy atom. The van der Waals surface area contributed by atoms with Gasteiger partial charge in [0.2, 0.25) is 0 Å². The standard InChI is InChI=1S/C16H22IN/c1-15(2)7-9-18-10-8-16(3,4)13-12(17)6-5-11(15)14(13)18/h5-6H,7-10H2,1-4H3. The van der Waals surface area contributed by atoms with Crippen LogP contribution >= 0.6 is 22.6 Å². The average Bonchev–Trinajstić information content (AvgIpc) is 2.26. The van der Waals surface area contributed by atoms with Crippen LogP contribution in [0, 0.1) is 3.57 Å². The quantitative estimate of drug-likeness (QED) is 0.621. The zero-order chi connectivity index (χ0) is 13.1. The summed E-state index contributed by atoms with van der Waals surface area (Å²) in [5.41, 5.74) is 5.38. The minimum atomic E-state index is 0.325. The van der Waals surface area contributed by atoms with Crippen LogP contribution in [-0.2, 0) is 10.8 Å². The van der Waals surface area contributed by atoms with Crippen molar-refractivity contribution >= 4 is 28.3 Å². The molecule has 1 nitrogen and oxygen atoms in total. The Balaban J connectivity index is 2.32. The topological polar surface area (TPSA) is 3.24 Å². The van der Waals surface area contributed by atoms with Crippen LogP contribution in [0.4, 0.5) is 5.69 Å². The van der Waals surface area contributed by atoms with Crippen molar-refractivity contribution in [3.05, 3.63) is 26.8 Å². The van der Waals surface area contributed by atoms with E-state index < -0.39 is 0 Å². The van der Waals surface area contributed by atoms with Gasteiger partial charge in [-0.2, -0.15) is 0 Å². The normalized spacial score (nSPS) is 23.7. The van der Waals surface area contributed by atoms with Crippen LogP contribution in [0.25, 0.3) is 0 Å². The Bertz CT molecular complexity index is 500.